The third-order valence-corrected chi connectivity index (χ3v) is 4.03. The fourth-order valence-corrected chi connectivity index (χ4v) is 3.00. The molecule has 20 heavy (non-hydrogen) atoms. The first-order valence-electron chi connectivity index (χ1n) is 6.04. The normalized spacial score (nSPS) is 11.2. The van der Waals surface area contributed by atoms with Gasteiger partial charge in [-0.2, -0.15) is 0 Å². The van der Waals surface area contributed by atoms with Crippen molar-refractivity contribution in [1.82, 2.24) is 14.5 Å². The van der Waals surface area contributed by atoms with Gasteiger partial charge < -0.3 is 0 Å². The molecule has 0 saturated carbocycles. The van der Waals surface area contributed by atoms with Crippen molar-refractivity contribution in [3.05, 3.63) is 51.3 Å². The van der Waals surface area contributed by atoms with Crippen LogP contribution in [0.3, 0.4) is 0 Å². The van der Waals surface area contributed by atoms with E-state index in [0.717, 1.165) is 31.6 Å². The number of aromatic nitrogens is 3. The molecule has 0 radical (unpaired) electrons. The first-order valence-corrected chi connectivity index (χ1v) is 8.16. The SMILES string of the molecule is ClCCc1nc2cc(Br)cnc2n1-c1cccc(Br)c1. The minimum Gasteiger partial charge on any atom is -0.281 e. The number of hydrogen-bond acceptors (Lipinski definition) is 2. The summed E-state index contributed by atoms with van der Waals surface area (Å²) in [7, 11) is 0. The van der Waals surface area contributed by atoms with Crippen LogP contribution in [0.25, 0.3) is 16.9 Å². The maximum atomic E-state index is 5.89. The molecule has 0 aliphatic carbocycles. The van der Waals surface area contributed by atoms with Crippen molar-refractivity contribution in [1.29, 1.82) is 0 Å². The number of imidazole rings is 1. The van der Waals surface area contributed by atoms with Gasteiger partial charge in [0.2, 0.25) is 0 Å². The molecule has 3 aromatic rings. The number of rotatable bonds is 3. The highest BCUT2D eigenvalue weighted by molar-refractivity contribution is 9.10. The number of hydrogen-bond donors (Lipinski definition) is 0. The molecule has 0 aliphatic rings. The fraction of sp³-hybridized carbons (Fsp3) is 0.143. The number of benzene rings is 1. The summed E-state index contributed by atoms with van der Waals surface area (Å²) < 4.78 is 3.99. The summed E-state index contributed by atoms with van der Waals surface area (Å²) in [5.74, 6) is 1.44. The van der Waals surface area contributed by atoms with Gasteiger partial charge in [0.15, 0.2) is 5.65 Å². The highest BCUT2D eigenvalue weighted by Crippen LogP contribution is 2.24. The van der Waals surface area contributed by atoms with Crippen molar-refractivity contribution in [3.63, 3.8) is 0 Å². The monoisotopic (exact) mass is 413 g/mol. The molecule has 0 aliphatic heterocycles. The minimum atomic E-state index is 0.526. The number of pyridine rings is 1. The molecule has 0 amide bonds. The molecule has 6 heteroatoms. The summed E-state index contributed by atoms with van der Waals surface area (Å²) in [6.07, 6.45) is 2.48. The van der Waals surface area contributed by atoms with E-state index < -0.39 is 0 Å². The molecule has 0 fully saturated rings. The van der Waals surface area contributed by atoms with Gasteiger partial charge in [0, 0.05) is 33.1 Å². The Hall–Kier alpha value is -0.910. The van der Waals surface area contributed by atoms with Crippen LogP contribution in [0, 0.1) is 0 Å². The molecule has 102 valence electrons. The zero-order chi connectivity index (χ0) is 14.1. The maximum Gasteiger partial charge on any atom is 0.164 e. The average molecular weight is 416 g/mol. The lowest BCUT2D eigenvalue weighted by Crippen LogP contribution is -2.02. The lowest BCUT2D eigenvalue weighted by Gasteiger charge is -2.08. The minimum absolute atomic E-state index is 0.526. The third kappa shape index (κ3) is 2.62. The van der Waals surface area contributed by atoms with Crippen LogP contribution >= 0.6 is 43.5 Å². The van der Waals surface area contributed by atoms with Gasteiger partial charge in [-0.1, -0.05) is 22.0 Å². The Labute approximate surface area is 138 Å². The largest absolute Gasteiger partial charge is 0.281 e. The number of nitrogens with zero attached hydrogens (tertiary/aromatic N) is 3. The van der Waals surface area contributed by atoms with E-state index in [1.165, 1.54) is 0 Å². The Kier molecular flexibility index (Phi) is 4.10. The lowest BCUT2D eigenvalue weighted by atomic mass is 10.3. The predicted molar refractivity (Wildman–Crippen MR) is 88.7 cm³/mol. The van der Waals surface area contributed by atoms with Gasteiger partial charge >= 0.3 is 0 Å². The highest BCUT2D eigenvalue weighted by Gasteiger charge is 2.13. The third-order valence-electron chi connectivity index (χ3n) is 2.92. The van der Waals surface area contributed by atoms with Crippen molar-refractivity contribution < 1.29 is 0 Å². The lowest BCUT2D eigenvalue weighted by molar-refractivity contribution is 0.905. The van der Waals surface area contributed by atoms with Gasteiger partial charge in [0.25, 0.3) is 0 Å². The fourth-order valence-electron chi connectivity index (χ4n) is 2.13. The van der Waals surface area contributed by atoms with Crippen LogP contribution in [-0.4, -0.2) is 20.4 Å². The van der Waals surface area contributed by atoms with Crippen molar-refractivity contribution in [2.45, 2.75) is 6.42 Å². The molecule has 3 nitrogen and oxygen atoms in total. The first kappa shape index (κ1) is 14.0. The summed E-state index contributed by atoms with van der Waals surface area (Å²) in [6.45, 7) is 0. The standard InChI is InChI=1S/C14H10Br2ClN3/c15-9-2-1-3-11(6-9)20-13(4-5-17)19-12-7-10(16)8-18-14(12)20/h1-3,6-8H,4-5H2. The molecule has 2 heterocycles. The van der Waals surface area contributed by atoms with E-state index in [4.69, 9.17) is 11.6 Å². The predicted octanol–water partition coefficient (Wildman–Crippen LogP) is 4.73. The number of fused-ring (bicyclic) bond motifs is 1. The van der Waals surface area contributed by atoms with Crippen molar-refractivity contribution in [2.24, 2.45) is 0 Å². The molecule has 0 N–H and O–H groups in total. The van der Waals surface area contributed by atoms with E-state index in [9.17, 15) is 0 Å². The van der Waals surface area contributed by atoms with E-state index >= 15 is 0 Å². The van der Waals surface area contributed by atoms with Gasteiger partial charge in [0.05, 0.1) is 0 Å². The molecule has 1 aromatic carbocycles. The van der Waals surface area contributed by atoms with Crippen molar-refractivity contribution >= 4 is 54.6 Å². The second-order valence-corrected chi connectivity index (χ2v) is 6.49. The van der Waals surface area contributed by atoms with Crippen LogP contribution in [0.5, 0.6) is 0 Å². The second-order valence-electron chi connectivity index (χ2n) is 4.28. The van der Waals surface area contributed by atoms with Gasteiger partial charge in [-0.05, 0) is 40.2 Å². The highest BCUT2D eigenvalue weighted by atomic mass is 79.9. The molecule has 0 atom stereocenters. The van der Waals surface area contributed by atoms with Gasteiger partial charge in [-0.15, -0.1) is 11.6 Å². The Bertz CT molecular complexity index is 770. The number of aryl methyl sites for hydroxylation is 1. The number of halogens is 3. The summed E-state index contributed by atoms with van der Waals surface area (Å²) in [6, 6.07) is 10.0. The van der Waals surface area contributed by atoms with E-state index in [-0.39, 0.29) is 0 Å². The van der Waals surface area contributed by atoms with Crippen LogP contribution in [0.15, 0.2) is 45.5 Å². The van der Waals surface area contributed by atoms with Crippen molar-refractivity contribution in [2.75, 3.05) is 5.88 Å². The topological polar surface area (TPSA) is 30.7 Å². The Morgan fingerprint density at radius 1 is 1.15 bits per heavy atom. The van der Waals surface area contributed by atoms with Gasteiger partial charge in [-0.25, -0.2) is 9.97 Å². The molecular formula is C14H10Br2ClN3. The van der Waals surface area contributed by atoms with E-state index in [1.54, 1.807) is 6.20 Å². The summed E-state index contributed by atoms with van der Waals surface area (Å²) in [5, 5.41) is 0. The summed E-state index contributed by atoms with van der Waals surface area (Å²) in [5.41, 5.74) is 2.72. The van der Waals surface area contributed by atoms with E-state index in [2.05, 4.69) is 46.4 Å². The maximum absolute atomic E-state index is 5.89. The molecule has 0 saturated heterocycles. The van der Waals surface area contributed by atoms with Crippen LogP contribution in [0.4, 0.5) is 0 Å². The van der Waals surface area contributed by atoms with E-state index in [1.807, 2.05) is 30.3 Å². The molecule has 0 unspecified atom stereocenters. The quantitative estimate of drug-likeness (QED) is 0.579. The van der Waals surface area contributed by atoms with Crippen LogP contribution in [-0.2, 0) is 6.42 Å². The molecule has 3 rings (SSSR count). The Morgan fingerprint density at radius 2 is 2.00 bits per heavy atom. The zero-order valence-electron chi connectivity index (χ0n) is 10.4. The first-order chi connectivity index (χ1) is 9.69. The van der Waals surface area contributed by atoms with Crippen LogP contribution < -0.4 is 0 Å². The van der Waals surface area contributed by atoms with Crippen LogP contribution in [0.2, 0.25) is 0 Å². The molecular weight excluding hydrogens is 405 g/mol. The Balaban J connectivity index is 2.28. The van der Waals surface area contributed by atoms with Crippen LogP contribution in [0.1, 0.15) is 5.82 Å². The molecule has 0 spiro atoms. The number of alkyl halides is 1. The summed E-state index contributed by atoms with van der Waals surface area (Å²) in [4.78, 5) is 9.12. The average Bonchev–Trinajstić information content (AvgIpc) is 2.76. The molecule has 2 aromatic heterocycles. The summed E-state index contributed by atoms with van der Waals surface area (Å²) >= 11 is 12.8. The van der Waals surface area contributed by atoms with Crippen molar-refractivity contribution in [3.8, 4) is 5.69 Å². The van der Waals surface area contributed by atoms with Gasteiger partial charge in [-0.3, -0.25) is 4.57 Å². The Morgan fingerprint density at radius 3 is 2.75 bits per heavy atom. The van der Waals surface area contributed by atoms with E-state index in [0.29, 0.717) is 12.3 Å². The molecule has 0 bridgehead atoms. The smallest absolute Gasteiger partial charge is 0.164 e. The zero-order valence-corrected chi connectivity index (χ0v) is 14.3. The van der Waals surface area contributed by atoms with Gasteiger partial charge in [0.1, 0.15) is 11.3 Å². The second kappa shape index (κ2) is 5.84.